The molecule has 1 N–H and O–H groups in total. The summed E-state index contributed by atoms with van der Waals surface area (Å²) in [5, 5.41) is 7.95. The second kappa shape index (κ2) is 3.92. The van der Waals surface area contributed by atoms with Gasteiger partial charge in [0.05, 0.1) is 0 Å². The van der Waals surface area contributed by atoms with Crippen LogP contribution in [-0.4, -0.2) is 10.7 Å². The number of nitrogens with zero attached hydrogens (tertiary/aromatic N) is 1. The first-order valence-corrected chi connectivity index (χ1v) is 4.63. The predicted octanol–water partition coefficient (Wildman–Crippen LogP) is 2.75. The first-order chi connectivity index (χ1) is 6.88. The minimum Gasteiger partial charge on any atom is -0.309 e. The van der Waals surface area contributed by atoms with Gasteiger partial charge in [-0.1, -0.05) is 42.5 Å². The van der Waals surface area contributed by atoms with Gasteiger partial charge in [-0.3, -0.25) is 5.41 Å². The van der Waals surface area contributed by atoms with Crippen LogP contribution in [0.3, 0.4) is 0 Å². The summed E-state index contributed by atoms with van der Waals surface area (Å²) in [6, 6.07) is 9.73. The van der Waals surface area contributed by atoms with Crippen LogP contribution >= 0.6 is 0 Å². The summed E-state index contributed by atoms with van der Waals surface area (Å²) in [7, 11) is 0. The van der Waals surface area contributed by atoms with Gasteiger partial charge in [-0.2, -0.15) is 0 Å². The third kappa shape index (κ3) is 1.74. The van der Waals surface area contributed by atoms with Crippen LogP contribution in [0.5, 0.6) is 0 Å². The second-order valence-electron chi connectivity index (χ2n) is 3.13. The molecule has 1 aromatic rings. The molecule has 14 heavy (non-hydrogen) atoms. The molecular formula is C12H12N2. The van der Waals surface area contributed by atoms with Crippen molar-refractivity contribution in [2.24, 2.45) is 0 Å². The zero-order valence-electron chi connectivity index (χ0n) is 7.85. The molecule has 0 fully saturated rings. The van der Waals surface area contributed by atoms with Gasteiger partial charge in [0.15, 0.2) is 0 Å². The Kier molecular flexibility index (Phi) is 2.45. The SMILES string of the molecule is N=C(c1ccccc1)N1C=CCC=C1. The van der Waals surface area contributed by atoms with Gasteiger partial charge < -0.3 is 4.90 Å². The predicted molar refractivity (Wildman–Crippen MR) is 58.0 cm³/mol. The van der Waals surface area contributed by atoms with Crippen LogP contribution in [0, 0.1) is 5.41 Å². The first-order valence-electron chi connectivity index (χ1n) is 4.63. The average Bonchev–Trinajstić information content (AvgIpc) is 2.30. The zero-order valence-corrected chi connectivity index (χ0v) is 7.85. The Labute approximate surface area is 83.7 Å². The lowest BCUT2D eigenvalue weighted by molar-refractivity contribution is 0.733. The summed E-state index contributed by atoms with van der Waals surface area (Å²) in [4.78, 5) is 1.82. The smallest absolute Gasteiger partial charge is 0.136 e. The third-order valence-electron chi connectivity index (χ3n) is 2.11. The van der Waals surface area contributed by atoms with Crippen LogP contribution in [0.2, 0.25) is 0 Å². The molecule has 0 unspecified atom stereocenters. The van der Waals surface area contributed by atoms with Gasteiger partial charge in [0.1, 0.15) is 5.84 Å². The van der Waals surface area contributed by atoms with E-state index in [2.05, 4.69) is 0 Å². The zero-order chi connectivity index (χ0) is 9.80. The first kappa shape index (κ1) is 8.75. The van der Waals surface area contributed by atoms with Crippen molar-refractivity contribution in [3.8, 4) is 0 Å². The fourth-order valence-corrected chi connectivity index (χ4v) is 1.37. The van der Waals surface area contributed by atoms with Crippen LogP contribution in [-0.2, 0) is 0 Å². The van der Waals surface area contributed by atoms with Crippen molar-refractivity contribution in [3.63, 3.8) is 0 Å². The molecule has 0 spiro atoms. The molecule has 0 saturated heterocycles. The molecule has 0 bridgehead atoms. The lowest BCUT2D eigenvalue weighted by atomic mass is 10.2. The molecular weight excluding hydrogens is 172 g/mol. The van der Waals surface area contributed by atoms with Gasteiger partial charge in [-0.25, -0.2) is 0 Å². The highest BCUT2D eigenvalue weighted by Crippen LogP contribution is 2.09. The molecule has 0 atom stereocenters. The van der Waals surface area contributed by atoms with Gasteiger partial charge >= 0.3 is 0 Å². The van der Waals surface area contributed by atoms with Crippen molar-refractivity contribution in [3.05, 3.63) is 60.4 Å². The molecule has 1 aromatic carbocycles. The summed E-state index contributed by atoms with van der Waals surface area (Å²) in [6.45, 7) is 0. The second-order valence-corrected chi connectivity index (χ2v) is 3.13. The van der Waals surface area contributed by atoms with Gasteiger partial charge in [0.2, 0.25) is 0 Å². The topological polar surface area (TPSA) is 27.1 Å². The monoisotopic (exact) mass is 184 g/mol. The summed E-state index contributed by atoms with van der Waals surface area (Å²) >= 11 is 0. The normalized spacial score (nSPS) is 14.4. The van der Waals surface area contributed by atoms with E-state index in [1.807, 2.05) is 59.8 Å². The molecule has 1 aliphatic heterocycles. The highest BCUT2D eigenvalue weighted by Gasteiger charge is 2.06. The maximum atomic E-state index is 7.95. The summed E-state index contributed by atoms with van der Waals surface area (Å²) in [6.07, 6.45) is 8.89. The number of allylic oxidation sites excluding steroid dienone is 2. The number of benzene rings is 1. The van der Waals surface area contributed by atoms with Crippen LogP contribution < -0.4 is 0 Å². The van der Waals surface area contributed by atoms with Crippen molar-refractivity contribution in [1.82, 2.24) is 4.90 Å². The molecule has 0 amide bonds. The van der Waals surface area contributed by atoms with Crippen molar-refractivity contribution in [2.75, 3.05) is 0 Å². The number of hydrogen-bond acceptors (Lipinski definition) is 1. The minimum atomic E-state index is 0.512. The molecule has 1 aliphatic rings. The van der Waals surface area contributed by atoms with Crippen LogP contribution in [0.25, 0.3) is 0 Å². The Morgan fingerprint density at radius 3 is 2.36 bits per heavy atom. The summed E-state index contributed by atoms with van der Waals surface area (Å²) in [5.74, 6) is 0.512. The maximum absolute atomic E-state index is 7.95. The average molecular weight is 184 g/mol. The van der Waals surface area contributed by atoms with E-state index in [4.69, 9.17) is 5.41 Å². The molecule has 70 valence electrons. The van der Waals surface area contributed by atoms with E-state index >= 15 is 0 Å². The number of amidine groups is 1. The van der Waals surface area contributed by atoms with E-state index in [9.17, 15) is 0 Å². The van der Waals surface area contributed by atoms with E-state index in [1.165, 1.54) is 0 Å². The van der Waals surface area contributed by atoms with Crippen LogP contribution in [0.4, 0.5) is 0 Å². The molecule has 0 aromatic heterocycles. The van der Waals surface area contributed by atoms with Gasteiger partial charge in [-0.15, -0.1) is 0 Å². The van der Waals surface area contributed by atoms with E-state index in [1.54, 1.807) is 0 Å². The summed E-state index contributed by atoms with van der Waals surface area (Å²) in [5.41, 5.74) is 0.934. The van der Waals surface area contributed by atoms with E-state index in [-0.39, 0.29) is 0 Å². The summed E-state index contributed by atoms with van der Waals surface area (Å²) < 4.78 is 0. The number of nitrogens with one attached hydrogen (secondary N) is 1. The maximum Gasteiger partial charge on any atom is 0.136 e. The van der Waals surface area contributed by atoms with Gasteiger partial charge in [-0.05, 0) is 6.42 Å². The fourth-order valence-electron chi connectivity index (χ4n) is 1.37. The van der Waals surface area contributed by atoms with Crippen LogP contribution in [0.1, 0.15) is 12.0 Å². The molecule has 0 aliphatic carbocycles. The molecule has 0 radical (unpaired) electrons. The van der Waals surface area contributed by atoms with Crippen molar-refractivity contribution in [2.45, 2.75) is 6.42 Å². The Morgan fingerprint density at radius 2 is 1.71 bits per heavy atom. The van der Waals surface area contributed by atoms with Crippen molar-refractivity contribution < 1.29 is 0 Å². The molecule has 2 rings (SSSR count). The van der Waals surface area contributed by atoms with Crippen molar-refractivity contribution >= 4 is 5.84 Å². The third-order valence-corrected chi connectivity index (χ3v) is 2.11. The Balaban J connectivity index is 2.20. The van der Waals surface area contributed by atoms with E-state index < -0.39 is 0 Å². The number of hydrogen-bond donors (Lipinski definition) is 1. The quantitative estimate of drug-likeness (QED) is 0.527. The minimum absolute atomic E-state index is 0.512. The number of rotatable bonds is 1. The van der Waals surface area contributed by atoms with Gasteiger partial charge in [0, 0.05) is 18.0 Å². The highest BCUT2D eigenvalue weighted by molar-refractivity contribution is 5.97. The van der Waals surface area contributed by atoms with Crippen molar-refractivity contribution in [1.29, 1.82) is 5.41 Å². The van der Waals surface area contributed by atoms with E-state index in [0.29, 0.717) is 5.84 Å². The Bertz CT molecular complexity index is 365. The Morgan fingerprint density at radius 1 is 1.07 bits per heavy atom. The largest absolute Gasteiger partial charge is 0.309 e. The lowest BCUT2D eigenvalue weighted by Crippen LogP contribution is -2.20. The fraction of sp³-hybridized carbons (Fsp3) is 0.0833. The Hall–Kier alpha value is -1.83. The standard InChI is InChI=1S/C12H12N2/c13-12(11-7-3-1-4-8-11)14-9-5-2-6-10-14/h1,3-10,13H,2H2. The highest BCUT2D eigenvalue weighted by atomic mass is 15.1. The van der Waals surface area contributed by atoms with Crippen LogP contribution in [0.15, 0.2) is 54.9 Å². The lowest BCUT2D eigenvalue weighted by Gasteiger charge is -2.18. The molecule has 0 saturated carbocycles. The molecule has 1 heterocycles. The van der Waals surface area contributed by atoms with Gasteiger partial charge in [0.25, 0.3) is 0 Å². The molecule has 2 nitrogen and oxygen atoms in total. The molecule has 2 heteroatoms. The van der Waals surface area contributed by atoms with E-state index in [0.717, 1.165) is 12.0 Å².